The molecule has 0 amide bonds. The zero-order valence-electron chi connectivity index (χ0n) is 15.5. The number of rotatable bonds is 12. The van der Waals surface area contributed by atoms with E-state index in [4.69, 9.17) is 9.47 Å². The van der Waals surface area contributed by atoms with Gasteiger partial charge in [0, 0.05) is 0 Å². The molecule has 0 aromatic heterocycles. The van der Waals surface area contributed by atoms with Gasteiger partial charge in [-0.1, -0.05) is 24.6 Å². The van der Waals surface area contributed by atoms with Crippen LogP contribution in [0.3, 0.4) is 0 Å². The van der Waals surface area contributed by atoms with E-state index in [1.807, 2.05) is 30.3 Å². The number of unbranched alkanes of at least 4 members (excludes halogenated alkanes) is 2. The fraction of sp³-hybridized carbons (Fsp3) is 0.318. The van der Waals surface area contributed by atoms with Crippen molar-refractivity contribution in [1.29, 1.82) is 0 Å². The minimum Gasteiger partial charge on any atom is -0.494 e. The van der Waals surface area contributed by atoms with Crippen molar-refractivity contribution in [3.63, 3.8) is 0 Å². The molecule has 4 nitrogen and oxygen atoms in total. The van der Waals surface area contributed by atoms with Gasteiger partial charge >= 0.3 is 5.97 Å². The Hall–Kier alpha value is -2.89. The Morgan fingerprint density at radius 2 is 1.57 bits per heavy atom. The normalized spacial score (nSPS) is 11.5. The molecular weight excluding hydrogens is 366 g/mol. The van der Waals surface area contributed by atoms with Crippen LogP contribution in [0.2, 0.25) is 0 Å². The standard InChI is InChI=1S/C22H24F2O4/c23-21(24)10-6-1-3-7-17(22(25)26)15-16-27-18-11-13-20(14-12-18)28-19-8-4-2-5-9-19/h2,4-5,8-14,17H,1,3,6-7,15-16H2,(H,25,26). The number of carboxylic acid groups (broad SMARTS) is 1. The minimum absolute atomic E-state index is 0.266. The van der Waals surface area contributed by atoms with Gasteiger partial charge in [0.15, 0.2) is 0 Å². The minimum atomic E-state index is -1.69. The first-order valence-corrected chi connectivity index (χ1v) is 9.24. The molecule has 6 heteroatoms. The van der Waals surface area contributed by atoms with Crippen molar-refractivity contribution in [3.05, 3.63) is 66.8 Å². The van der Waals surface area contributed by atoms with Gasteiger partial charge in [-0.2, -0.15) is 8.78 Å². The average molecular weight is 390 g/mol. The van der Waals surface area contributed by atoms with Gasteiger partial charge in [0.2, 0.25) is 0 Å². The second-order valence-electron chi connectivity index (χ2n) is 6.34. The highest BCUT2D eigenvalue weighted by atomic mass is 19.3. The second kappa shape index (κ2) is 11.7. The lowest BCUT2D eigenvalue weighted by atomic mass is 9.98. The smallest absolute Gasteiger partial charge is 0.306 e. The quantitative estimate of drug-likeness (QED) is 0.433. The molecule has 0 radical (unpaired) electrons. The summed E-state index contributed by atoms with van der Waals surface area (Å²) in [6.07, 6.45) is 1.39. The molecule has 1 N–H and O–H groups in total. The van der Waals surface area contributed by atoms with Gasteiger partial charge < -0.3 is 14.6 Å². The Labute approximate surface area is 163 Å². The van der Waals surface area contributed by atoms with Crippen molar-refractivity contribution in [3.8, 4) is 17.2 Å². The Morgan fingerprint density at radius 3 is 2.21 bits per heavy atom. The molecule has 0 bridgehead atoms. The van der Waals surface area contributed by atoms with Crippen LogP contribution >= 0.6 is 0 Å². The van der Waals surface area contributed by atoms with Crippen LogP contribution in [0.5, 0.6) is 17.2 Å². The van der Waals surface area contributed by atoms with Crippen molar-refractivity contribution < 1.29 is 28.2 Å². The molecule has 0 aliphatic rings. The summed E-state index contributed by atoms with van der Waals surface area (Å²) in [7, 11) is 0. The average Bonchev–Trinajstić information content (AvgIpc) is 2.68. The summed E-state index contributed by atoms with van der Waals surface area (Å²) in [5, 5.41) is 9.29. The van der Waals surface area contributed by atoms with Crippen LogP contribution in [-0.4, -0.2) is 17.7 Å². The summed E-state index contributed by atoms with van der Waals surface area (Å²) < 4.78 is 35.2. The van der Waals surface area contributed by atoms with Crippen LogP contribution in [0.25, 0.3) is 0 Å². The molecule has 28 heavy (non-hydrogen) atoms. The molecule has 1 unspecified atom stereocenters. The van der Waals surface area contributed by atoms with E-state index >= 15 is 0 Å². The maximum absolute atomic E-state index is 12.0. The predicted octanol–water partition coefficient (Wildman–Crippen LogP) is 6.29. The number of benzene rings is 2. The van der Waals surface area contributed by atoms with Gasteiger partial charge in [-0.3, -0.25) is 4.79 Å². The Morgan fingerprint density at radius 1 is 0.929 bits per heavy atom. The van der Waals surface area contributed by atoms with E-state index in [1.165, 1.54) is 0 Å². The first-order valence-electron chi connectivity index (χ1n) is 9.24. The third-order valence-corrected chi connectivity index (χ3v) is 4.19. The SMILES string of the molecule is O=C(O)C(CCCCC=C(F)F)CCOc1ccc(Oc2ccccc2)cc1. The number of carbonyl (C=O) groups is 1. The molecule has 2 aromatic rings. The topological polar surface area (TPSA) is 55.8 Å². The van der Waals surface area contributed by atoms with Crippen LogP contribution in [0, 0.1) is 5.92 Å². The van der Waals surface area contributed by atoms with E-state index in [1.54, 1.807) is 24.3 Å². The fourth-order valence-electron chi connectivity index (χ4n) is 2.69. The van der Waals surface area contributed by atoms with Crippen LogP contribution < -0.4 is 9.47 Å². The maximum atomic E-state index is 12.0. The summed E-state index contributed by atoms with van der Waals surface area (Å²) >= 11 is 0. The fourth-order valence-corrected chi connectivity index (χ4v) is 2.69. The van der Waals surface area contributed by atoms with Crippen LogP contribution in [0.1, 0.15) is 32.1 Å². The maximum Gasteiger partial charge on any atom is 0.306 e. The van der Waals surface area contributed by atoms with E-state index in [2.05, 4.69) is 0 Å². The Bertz CT molecular complexity index is 741. The summed E-state index contributed by atoms with van der Waals surface area (Å²) in [4.78, 5) is 11.3. The first-order chi connectivity index (χ1) is 13.5. The molecule has 0 heterocycles. The molecular formula is C22H24F2O4. The van der Waals surface area contributed by atoms with Crippen molar-refractivity contribution in [2.45, 2.75) is 32.1 Å². The van der Waals surface area contributed by atoms with E-state index < -0.39 is 18.0 Å². The van der Waals surface area contributed by atoms with E-state index in [0.717, 1.165) is 11.8 Å². The number of hydrogen-bond acceptors (Lipinski definition) is 3. The summed E-state index contributed by atoms with van der Waals surface area (Å²) in [6.45, 7) is 0.273. The van der Waals surface area contributed by atoms with Gasteiger partial charge in [-0.25, -0.2) is 0 Å². The molecule has 0 aliphatic carbocycles. The lowest BCUT2D eigenvalue weighted by Gasteiger charge is -2.13. The Balaban J connectivity index is 1.72. The van der Waals surface area contributed by atoms with Crippen molar-refractivity contribution in [2.24, 2.45) is 5.92 Å². The zero-order chi connectivity index (χ0) is 20.2. The highest BCUT2D eigenvalue weighted by Gasteiger charge is 2.17. The molecule has 2 rings (SSSR count). The Kier molecular flexibility index (Phi) is 8.98. The largest absolute Gasteiger partial charge is 0.494 e. The number of carboxylic acids is 1. The number of hydrogen-bond donors (Lipinski definition) is 1. The third kappa shape index (κ3) is 8.20. The van der Waals surface area contributed by atoms with Crippen molar-refractivity contribution in [1.82, 2.24) is 0 Å². The molecule has 1 atom stereocenters. The molecule has 0 aliphatic heterocycles. The molecule has 0 fully saturated rings. The number of halogens is 2. The third-order valence-electron chi connectivity index (χ3n) is 4.19. The molecule has 0 saturated heterocycles. The highest BCUT2D eigenvalue weighted by molar-refractivity contribution is 5.69. The van der Waals surface area contributed by atoms with Crippen LogP contribution in [0.4, 0.5) is 8.78 Å². The first kappa shape index (κ1) is 21.4. The van der Waals surface area contributed by atoms with Gasteiger partial charge in [0.05, 0.1) is 12.5 Å². The monoisotopic (exact) mass is 390 g/mol. The van der Waals surface area contributed by atoms with E-state index in [9.17, 15) is 18.7 Å². The number of para-hydroxylation sites is 1. The summed E-state index contributed by atoms with van der Waals surface area (Å²) in [6, 6.07) is 16.5. The van der Waals surface area contributed by atoms with Gasteiger partial charge in [0.25, 0.3) is 6.08 Å². The van der Waals surface area contributed by atoms with Crippen LogP contribution in [-0.2, 0) is 4.79 Å². The molecule has 150 valence electrons. The summed E-state index contributed by atoms with van der Waals surface area (Å²) in [5.74, 6) is 0.626. The number of ether oxygens (including phenoxy) is 2. The predicted molar refractivity (Wildman–Crippen MR) is 103 cm³/mol. The van der Waals surface area contributed by atoms with Crippen molar-refractivity contribution in [2.75, 3.05) is 6.61 Å². The van der Waals surface area contributed by atoms with Gasteiger partial charge in [-0.05, 0) is 68.2 Å². The van der Waals surface area contributed by atoms with Crippen LogP contribution in [0.15, 0.2) is 66.8 Å². The molecule has 2 aromatic carbocycles. The second-order valence-corrected chi connectivity index (χ2v) is 6.34. The van der Waals surface area contributed by atoms with E-state index in [0.29, 0.717) is 37.2 Å². The lowest BCUT2D eigenvalue weighted by Crippen LogP contribution is -2.17. The molecule has 0 saturated carbocycles. The number of allylic oxidation sites excluding steroid dienone is 1. The number of aliphatic carboxylic acids is 1. The van der Waals surface area contributed by atoms with E-state index in [-0.39, 0.29) is 13.0 Å². The molecule has 0 spiro atoms. The zero-order valence-corrected chi connectivity index (χ0v) is 15.5. The lowest BCUT2D eigenvalue weighted by molar-refractivity contribution is -0.142. The highest BCUT2D eigenvalue weighted by Crippen LogP contribution is 2.24. The summed E-state index contributed by atoms with van der Waals surface area (Å²) in [5.41, 5.74) is 0. The van der Waals surface area contributed by atoms with Gasteiger partial charge in [0.1, 0.15) is 17.2 Å². The van der Waals surface area contributed by atoms with Crippen molar-refractivity contribution >= 4 is 5.97 Å². The van der Waals surface area contributed by atoms with Gasteiger partial charge in [-0.15, -0.1) is 0 Å².